The van der Waals surface area contributed by atoms with Gasteiger partial charge >= 0.3 is 0 Å². The van der Waals surface area contributed by atoms with Crippen LogP contribution in [0.15, 0.2) is 52.5 Å². The number of phenols is 1. The molecule has 128 valence electrons. The lowest BCUT2D eigenvalue weighted by Gasteiger charge is -2.14. The average molecular weight is 401 g/mol. The summed E-state index contributed by atoms with van der Waals surface area (Å²) in [6.45, 7) is 1.85. The van der Waals surface area contributed by atoms with E-state index in [1.807, 2.05) is 43.3 Å². The van der Waals surface area contributed by atoms with Gasteiger partial charge in [-0.25, -0.2) is 0 Å². The number of hydrogen-bond acceptors (Lipinski definition) is 4. The summed E-state index contributed by atoms with van der Waals surface area (Å²) in [5.74, 6) is -0.265. The maximum atomic E-state index is 12.4. The van der Waals surface area contributed by atoms with Gasteiger partial charge in [0.1, 0.15) is 11.6 Å². The van der Waals surface area contributed by atoms with E-state index in [1.54, 1.807) is 12.1 Å². The van der Waals surface area contributed by atoms with E-state index in [9.17, 15) is 15.2 Å². The second-order valence-corrected chi connectivity index (χ2v) is 6.18. The first-order valence-electron chi connectivity index (χ1n) is 7.50. The molecule has 0 radical (unpaired) electrons. The van der Waals surface area contributed by atoms with Crippen molar-refractivity contribution in [1.82, 2.24) is 5.32 Å². The number of carbonyl (C=O) groups excluding carboxylic acids is 1. The molecule has 0 unspecified atom stereocenters. The summed E-state index contributed by atoms with van der Waals surface area (Å²) >= 11 is 3.21. The predicted molar refractivity (Wildman–Crippen MR) is 98.9 cm³/mol. The van der Waals surface area contributed by atoms with E-state index < -0.39 is 5.91 Å². The third-order valence-electron chi connectivity index (χ3n) is 3.59. The minimum Gasteiger partial charge on any atom is -0.503 e. The number of nitrogens with one attached hydrogen (secondary N) is 1. The molecule has 25 heavy (non-hydrogen) atoms. The molecule has 0 aromatic heterocycles. The number of ether oxygens (including phenoxy) is 1. The van der Waals surface area contributed by atoms with Crippen LogP contribution in [0.5, 0.6) is 11.5 Å². The van der Waals surface area contributed by atoms with Crippen LogP contribution in [0.3, 0.4) is 0 Å². The number of phenolic OH excluding ortho intramolecular Hbond substituents is 1. The van der Waals surface area contributed by atoms with Crippen molar-refractivity contribution in [1.29, 1.82) is 5.26 Å². The number of benzene rings is 2. The fourth-order valence-electron chi connectivity index (χ4n) is 2.25. The lowest BCUT2D eigenvalue weighted by Crippen LogP contribution is -2.27. The van der Waals surface area contributed by atoms with Gasteiger partial charge in [-0.1, -0.05) is 30.3 Å². The zero-order valence-corrected chi connectivity index (χ0v) is 15.4. The maximum absolute atomic E-state index is 12.4. The number of rotatable bonds is 5. The van der Waals surface area contributed by atoms with Crippen LogP contribution in [0.4, 0.5) is 0 Å². The molecule has 1 atom stereocenters. The molecule has 0 aliphatic carbocycles. The number of amides is 1. The topological polar surface area (TPSA) is 82.3 Å². The van der Waals surface area contributed by atoms with E-state index in [4.69, 9.17) is 4.74 Å². The minimum atomic E-state index is -0.470. The van der Waals surface area contributed by atoms with Crippen LogP contribution in [0, 0.1) is 11.3 Å². The molecule has 0 bridgehead atoms. The van der Waals surface area contributed by atoms with E-state index in [-0.39, 0.29) is 23.1 Å². The van der Waals surface area contributed by atoms with Gasteiger partial charge in [0.05, 0.1) is 17.6 Å². The van der Waals surface area contributed by atoms with Crippen molar-refractivity contribution < 1.29 is 14.6 Å². The molecule has 0 aliphatic rings. The molecule has 2 aromatic carbocycles. The molecule has 0 heterocycles. The molecule has 0 fully saturated rings. The largest absolute Gasteiger partial charge is 0.503 e. The predicted octanol–water partition coefficient (Wildman–Crippen LogP) is 3.95. The molecular formula is C19H17BrN2O3. The molecule has 0 saturated carbocycles. The van der Waals surface area contributed by atoms with E-state index >= 15 is 0 Å². The number of nitrogens with zero attached hydrogens (tertiary/aromatic N) is 1. The molecule has 2 rings (SSSR count). The zero-order valence-electron chi connectivity index (χ0n) is 13.8. The number of carbonyl (C=O) groups is 1. The number of methoxy groups -OCH3 is 1. The van der Waals surface area contributed by atoms with Gasteiger partial charge in [0, 0.05) is 0 Å². The van der Waals surface area contributed by atoms with E-state index in [1.165, 1.54) is 13.2 Å². The quantitative estimate of drug-likeness (QED) is 0.587. The van der Waals surface area contributed by atoms with Gasteiger partial charge in [0.25, 0.3) is 5.91 Å². The number of hydrogen-bond donors (Lipinski definition) is 2. The summed E-state index contributed by atoms with van der Waals surface area (Å²) < 4.78 is 5.48. The Morgan fingerprint density at radius 1 is 1.36 bits per heavy atom. The van der Waals surface area contributed by atoms with E-state index in [0.29, 0.717) is 10.0 Å². The average Bonchev–Trinajstić information content (AvgIpc) is 2.62. The lowest BCUT2D eigenvalue weighted by molar-refractivity contribution is -0.117. The third-order valence-corrected chi connectivity index (χ3v) is 4.20. The van der Waals surface area contributed by atoms with Gasteiger partial charge in [-0.3, -0.25) is 4.79 Å². The van der Waals surface area contributed by atoms with Crippen molar-refractivity contribution >= 4 is 27.9 Å². The second-order valence-electron chi connectivity index (χ2n) is 5.33. The van der Waals surface area contributed by atoms with Crippen LogP contribution < -0.4 is 10.1 Å². The van der Waals surface area contributed by atoms with Crippen LogP contribution in [0.25, 0.3) is 6.08 Å². The summed E-state index contributed by atoms with van der Waals surface area (Å²) in [6.07, 6.45) is 1.44. The van der Waals surface area contributed by atoms with Gasteiger partial charge in [0.2, 0.25) is 0 Å². The molecule has 5 nitrogen and oxygen atoms in total. The van der Waals surface area contributed by atoms with E-state index in [2.05, 4.69) is 21.2 Å². The summed E-state index contributed by atoms with van der Waals surface area (Å²) in [6, 6.07) is 14.3. The van der Waals surface area contributed by atoms with Crippen molar-refractivity contribution in [2.24, 2.45) is 0 Å². The van der Waals surface area contributed by atoms with Crippen molar-refractivity contribution in [3.63, 3.8) is 0 Å². The molecule has 6 heteroatoms. The summed E-state index contributed by atoms with van der Waals surface area (Å²) in [5, 5.41) is 22.0. The van der Waals surface area contributed by atoms with Crippen LogP contribution in [-0.4, -0.2) is 18.1 Å². The van der Waals surface area contributed by atoms with E-state index in [0.717, 1.165) is 5.56 Å². The monoisotopic (exact) mass is 400 g/mol. The Bertz CT molecular complexity index is 842. The fraction of sp³-hybridized carbons (Fsp3) is 0.158. The van der Waals surface area contributed by atoms with Crippen molar-refractivity contribution in [3.8, 4) is 17.6 Å². The molecule has 0 saturated heterocycles. The normalized spacial score (nSPS) is 12.2. The molecule has 2 N–H and O–H groups in total. The molecule has 2 aromatic rings. The standard InChI is InChI=1S/C19H17BrN2O3/c1-12(14-6-4-3-5-7-14)22-19(24)15(11-21)8-13-9-16(20)18(23)17(10-13)25-2/h3-10,12,23H,1-2H3,(H,22,24)/b15-8+/t12-/m1/s1. The van der Waals surface area contributed by atoms with Gasteiger partial charge in [0.15, 0.2) is 11.5 Å². The second kappa shape index (κ2) is 8.36. The Morgan fingerprint density at radius 3 is 2.64 bits per heavy atom. The smallest absolute Gasteiger partial charge is 0.262 e. The molecule has 0 aliphatic heterocycles. The van der Waals surface area contributed by atoms with Crippen molar-refractivity contribution in [2.75, 3.05) is 7.11 Å². The highest BCUT2D eigenvalue weighted by Crippen LogP contribution is 2.35. The van der Waals surface area contributed by atoms with Gasteiger partial charge < -0.3 is 15.2 Å². The first kappa shape index (κ1) is 18.6. The highest BCUT2D eigenvalue weighted by molar-refractivity contribution is 9.10. The minimum absolute atomic E-state index is 0.0394. The summed E-state index contributed by atoms with van der Waals surface area (Å²) in [5.41, 5.74) is 1.46. The highest BCUT2D eigenvalue weighted by atomic mass is 79.9. The molecule has 1 amide bonds. The van der Waals surface area contributed by atoms with Crippen LogP contribution >= 0.6 is 15.9 Å². The lowest BCUT2D eigenvalue weighted by atomic mass is 10.1. The SMILES string of the molecule is COc1cc(/C=C(\C#N)C(=O)N[C@H](C)c2ccccc2)cc(Br)c1O. The summed E-state index contributed by atoms with van der Waals surface area (Å²) in [7, 11) is 1.43. The fourth-order valence-corrected chi connectivity index (χ4v) is 2.71. The number of halogens is 1. The Balaban J connectivity index is 2.24. The Hall–Kier alpha value is -2.78. The van der Waals surface area contributed by atoms with Crippen LogP contribution in [0.2, 0.25) is 0 Å². The highest BCUT2D eigenvalue weighted by Gasteiger charge is 2.15. The molecular weight excluding hydrogens is 384 g/mol. The summed E-state index contributed by atoms with van der Waals surface area (Å²) in [4.78, 5) is 12.4. The van der Waals surface area contributed by atoms with Gasteiger partial charge in [-0.2, -0.15) is 5.26 Å². The maximum Gasteiger partial charge on any atom is 0.262 e. The van der Waals surface area contributed by atoms with Crippen molar-refractivity contribution in [2.45, 2.75) is 13.0 Å². The first-order chi connectivity index (χ1) is 12.0. The van der Waals surface area contributed by atoms with Gasteiger partial charge in [-0.05, 0) is 52.2 Å². The Kier molecular flexibility index (Phi) is 6.20. The molecule has 0 spiro atoms. The first-order valence-corrected chi connectivity index (χ1v) is 8.29. The zero-order chi connectivity index (χ0) is 18.4. The van der Waals surface area contributed by atoms with Crippen molar-refractivity contribution in [3.05, 3.63) is 63.6 Å². The van der Waals surface area contributed by atoms with Crippen LogP contribution in [-0.2, 0) is 4.79 Å². The number of nitriles is 1. The third kappa shape index (κ3) is 4.61. The Morgan fingerprint density at radius 2 is 2.04 bits per heavy atom. The van der Waals surface area contributed by atoms with Crippen LogP contribution in [0.1, 0.15) is 24.1 Å². The number of aromatic hydroxyl groups is 1. The Labute approximate surface area is 154 Å². The van der Waals surface area contributed by atoms with Gasteiger partial charge in [-0.15, -0.1) is 0 Å².